The van der Waals surface area contributed by atoms with Crippen LogP contribution in [0.25, 0.3) is 10.2 Å². The molecule has 1 N–H and O–H groups in total. The number of hydrogen-bond acceptors (Lipinski definition) is 5. The Morgan fingerprint density at radius 3 is 2.62 bits per heavy atom. The van der Waals surface area contributed by atoms with E-state index in [0.29, 0.717) is 13.1 Å². The third-order valence-corrected chi connectivity index (χ3v) is 5.53. The minimum atomic E-state index is -0.0510. The van der Waals surface area contributed by atoms with Gasteiger partial charge in [-0.15, -0.1) is 0 Å². The highest BCUT2D eigenvalue weighted by atomic mass is 32.1. The van der Waals surface area contributed by atoms with E-state index in [4.69, 9.17) is 9.72 Å². The number of ether oxygens (including phenoxy) is 1. The van der Waals surface area contributed by atoms with Crippen LogP contribution in [-0.2, 0) is 0 Å². The normalized spacial score (nSPS) is 14.5. The number of fused-ring (bicyclic) bond motifs is 1. The van der Waals surface area contributed by atoms with Crippen molar-refractivity contribution in [1.82, 2.24) is 9.88 Å². The molecule has 0 spiro atoms. The summed E-state index contributed by atoms with van der Waals surface area (Å²) in [4.78, 5) is 21.2. The Labute approximate surface area is 156 Å². The number of nitrogens with zero attached hydrogens (tertiary/aromatic N) is 3. The second kappa shape index (κ2) is 7.21. The Balaban J connectivity index is 1.39. The average Bonchev–Trinajstić information content (AvgIpc) is 3.12. The molecule has 0 aliphatic carbocycles. The van der Waals surface area contributed by atoms with Gasteiger partial charge in [-0.05, 0) is 30.3 Å². The van der Waals surface area contributed by atoms with Gasteiger partial charge in [0.25, 0.3) is 0 Å². The van der Waals surface area contributed by atoms with Gasteiger partial charge in [-0.3, -0.25) is 0 Å². The molecule has 0 unspecified atom stereocenters. The molecular weight excluding hydrogens is 348 g/mol. The molecule has 0 atom stereocenters. The first-order valence-electron chi connectivity index (χ1n) is 8.53. The van der Waals surface area contributed by atoms with Crippen LogP contribution >= 0.6 is 11.3 Å². The highest BCUT2D eigenvalue weighted by Crippen LogP contribution is 2.31. The lowest BCUT2D eigenvalue weighted by molar-refractivity contribution is 0.208. The quantitative estimate of drug-likeness (QED) is 0.767. The number of urea groups is 1. The molecule has 2 aromatic carbocycles. The molecule has 7 heteroatoms. The number of benzene rings is 2. The number of anilines is 2. The van der Waals surface area contributed by atoms with Crippen molar-refractivity contribution in [1.29, 1.82) is 0 Å². The number of carbonyl (C=O) groups excluding carboxylic acids is 1. The van der Waals surface area contributed by atoms with E-state index in [1.54, 1.807) is 18.4 Å². The van der Waals surface area contributed by atoms with Gasteiger partial charge in [0.05, 0.1) is 17.3 Å². The van der Waals surface area contributed by atoms with E-state index in [9.17, 15) is 4.79 Å². The first-order valence-corrected chi connectivity index (χ1v) is 9.35. The van der Waals surface area contributed by atoms with E-state index in [2.05, 4.69) is 10.2 Å². The topological polar surface area (TPSA) is 57.7 Å². The predicted octanol–water partition coefficient (Wildman–Crippen LogP) is 3.66. The number of piperazine rings is 1. The second-order valence-corrected chi connectivity index (χ2v) is 7.11. The van der Waals surface area contributed by atoms with Gasteiger partial charge in [-0.2, -0.15) is 0 Å². The van der Waals surface area contributed by atoms with Crippen LogP contribution in [0.5, 0.6) is 5.75 Å². The summed E-state index contributed by atoms with van der Waals surface area (Å²) in [5.41, 5.74) is 1.80. The smallest absolute Gasteiger partial charge is 0.321 e. The van der Waals surface area contributed by atoms with Crippen LogP contribution < -0.4 is 15.0 Å². The molecule has 6 nitrogen and oxygen atoms in total. The maximum absolute atomic E-state index is 12.4. The van der Waals surface area contributed by atoms with Crippen LogP contribution in [0.1, 0.15) is 0 Å². The van der Waals surface area contributed by atoms with Crippen LogP contribution in [0.2, 0.25) is 0 Å². The van der Waals surface area contributed by atoms with Gasteiger partial charge in [0.15, 0.2) is 5.13 Å². The number of amides is 2. The van der Waals surface area contributed by atoms with Crippen molar-refractivity contribution in [2.45, 2.75) is 0 Å². The lowest BCUT2D eigenvalue weighted by Gasteiger charge is -2.34. The fraction of sp³-hybridized carbons (Fsp3) is 0.263. The zero-order chi connectivity index (χ0) is 17.9. The fourth-order valence-electron chi connectivity index (χ4n) is 2.98. The van der Waals surface area contributed by atoms with Gasteiger partial charge in [0.1, 0.15) is 5.75 Å². The van der Waals surface area contributed by atoms with Crippen LogP contribution in [-0.4, -0.2) is 49.2 Å². The number of hydrogen-bond donors (Lipinski definition) is 1. The van der Waals surface area contributed by atoms with Gasteiger partial charge >= 0.3 is 6.03 Å². The number of thiazole rings is 1. The van der Waals surface area contributed by atoms with Crippen molar-refractivity contribution in [2.75, 3.05) is 43.5 Å². The molecule has 1 saturated heterocycles. The molecule has 2 amide bonds. The fourth-order valence-corrected chi connectivity index (χ4v) is 4.03. The van der Waals surface area contributed by atoms with E-state index in [1.807, 2.05) is 53.4 Å². The number of rotatable bonds is 3. The Hall–Kier alpha value is -2.80. The Morgan fingerprint density at radius 2 is 1.88 bits per heavy atom. The second-order valence-electron chi connectivity index (χ2n) is 6.10. The molecule has 4 rings (SSSR count). The first kappa shape index (κ1) is 16.7. The standard InChI is InChI=1S/C19H20N4O2S/c1-25-15-7-8-16-17(13-15)26-19(21-16)23-11-9-22(10-12-23)18(24)20-14-5-3-2-4-6-14/h2-8,13H,9-12H2,1H3,(H,20,24). The van der Waals surface area contributed by atoms with Crippen LogP contribution in [0, 0.1) is 0 Å². The number of aromatic nitrogens is 1. The minimum Gasteiger partial charge on any atom is -0.497 e. The van der Waals surface area contributed by atoms with Crippen LogP contribution in [0.15, 0.2) is 48.5 Å². The Bertz CT molecular complexity index is 904. The first-order chi connectivity index (χ1) is 12.7. The number of carbonyl (C=O) groups is 1. The number of nitrogens with one attached hydrogen (secondary N) is 1. The lowest BCUT2D eigenvalue weighted by Crippen LogP contribution is -2.50. The van der Waals surface area contributed by atoms with E-state index in [-0.39, 0.29) is 6.03 Å². The zero-order valence-electron chi connectivity index (χ0n) is 14.5. The van der Waals surface area contributed by atoms with E-state index in [0.717, 1.165) is 39.9 Å². The number of methoxy groups -OCH3 is 1. The third kappa shape index (κ3) is 3.43. The molecule has 1 aliphatic rings. The van der Waals surface area contributed by atoms with E-state index < -0.39 is 0 Å². The molecule has 1 aliphatic heterocycles. The highest BCUT2D eigenvalue weighted by molar-refractivity contribution is 7.22. The summed E-state index contributed by atoms with van der Waals surface area (Å²) in [6.07, 6.45) is 0. The number of para-hydroxylation sites is 1. The van der Waals surface area contributed by atoms with Crippen LogP contribution in [0.3, 0.4) is 0 Å². The van der Waals surface area contributed by atoms with Gasteiger partial charge < -0.3 is 19.9 Å². The van der Waals surface area contributed by atoms with Crippen molar-refractivity contribution in [3.05, 3.63) is 48.5 Å². The van der Waals surface area contributed by atoms with Gasteiger partial charge in [0, 0.05) is 31.9 Å². The molecule has 1 fully saturated rings. The molecule has 0 radical (unpaired) electrons. The monoisotopic (exact) mass is 368 g/mol. The van der Waals surface area contributed by atoms with Gasteiger partial charge in [0.2, 0.25) is 0 Å². The van der Waals surface area contributed by atoms with E-state index >= 15 is 0 Å². The largest absolute Gasteiger partial charge is 0.497 e. The average molecular weight is 368 g/mol. The molecule has 0 bridgehead atoms. The summed E-state index contributed by atoms with van der Waals surface area (Å²) < 4.78 is 6.39. The summed E-state index contributed by atoms with van der Waals surface area (Å²) in [6.45, 7) is 2.91. The van der Waals surface area contributed by atoms with E-state index in [1.165, 1.54) is 0 Å². The summed E-state index contributed by atoms with van der Waals surface area (Å²) in [5.74, 6) is 0.843. The summed E-state index contributed by atoms with van der Waals surface area (Å²) >= 11 is 1.66. The molecule has 3 aromatic rings. The van der Waals surface area contributed by atoms with Crippen molar-refractivity contribution in [3.8, 4) is 5.75 Å². The predicted molar refractivity (Wildman–Crippen MR) is 105 cm³/mol. The van der Waals surface area contributed by atoms with Crippen molar-refractivity contribution in [2.24, 2.45) is 0 Å². The van der Waals surface area contributed by atoms with Crippen molar-refractivity contribution >= 4 is 38.4 Å². The third-order valence-electron chi connectivity index (χ3n) is 4.45. The maximum Gasteiger partial charge on any atom is 0.321 e. The van der Waals surface area contributed by atoms with Gasteiger partial charge in [-0.1, -0.05) is 29.5 Å². The molecule has 2 heterocycles. The lowest BCUT2D eigenvalue weighted by atomic mass is 10.3. The van der Waals surface area contributed by atoms with Crippen molar-refractivity contribution in [3.63, 3.8) is 0 Å². The molecular formula is C19H20N4O2S. The zero-order valence-corrected chi connectivity index (χ0v) is 15.3. The van der Waals surface area contributed by atoms with Crippen molar-refractivity contribution < 1.29 is 9.53 Å². The van der Waals surface area contributed by atoms with Crippen LogP contribution in [0.4, 0.5) is 15.6 Å². The highest BCUT2D eigenvalue weighted by Gasteiger charge is 2.23. The Morgan fingerprint density at radius 1 is 1.12 bits per heavy atom. The summed E-state index contributed by atoms with van der Waals surface area (Å²) in [6, 6.07) is 15.4. The molecule has 0 saturated carbocycles. The molecule has 26 heavy (non-hydrogen) atoms. The summed E-state index contributed by atoms with van der Waals surface area (Å²) in [5, 5.41) is 3.94. The maximum atomic E-state index is 12.4. The summed E-state index contributed by atoms with van der Waals surface area (Å²) in [7, 11) is 1.67. The SMILES string of the molecule is COc1ccc2nc(N3CCN(C(=O)Nc4ccccc4)CC3)sc2c1. The Kier molecular flexibility index (Phi) is 4.62. The van der Waals surface area contributed by atoms with Gasteiger partial charge in [-0.25, -0.2) is 9.78 Å². The molecule has 1 aromatic heterocycles. The minimum absolute atomic E-state index is 0.0510. The molecule has 134 valence electrons.